The number of esters is 1. The zero-order chi connectivity index (χ0) is 15.3. The van der Waals surface area contributed by atoms with Crippen LogP contribution in [-0.4, -0.2) is 30.6 Å². The van der Waals surface area contributed by atoms with Gasteiger partial charge in [0.05, 0.1) is 18.7 Å². The number of methoxy groups -OCH3 is 1. The summed E-state index contributed by atoms with van der Waals surface area (Å²) < 4.78 is 44.3. The minimum atomic E-state index is -4.52. The van der Waals surface area contributed by atoms with Crippen LogP contribution in [0.25, 0.3) is 0 Å². The highest BCUT2D eigenvalue weighted by molar-refractivity contribution is 5.99. The summed E-state index contributed by atoms with van der Waals surface area (Å²) in [5, 5.41) is 3.81. The van der Waals surface area contributed by atoms with Gasteiger partial charge < -0.3 is 9.57 Å². The molecule has 7 heteroatoms. The van der Waals surface area contributed by atoms with Gasteiger partial charge in [0.1, 0.15) is 5.92 Å². The lowest BCUT2D eigenvalue weighted by atomic mass is 9.74. The third kappa shape index (κ3) is 1.98. The topological polar surface area (TPSA) is 47.9 Å². The molecule has 0 bridgehead atoms. The molecule has 0 aromatic heterocycles. The fourth-order valence-electron chi connectivity index (χ4n) is 3.21. The fraction of sp³-hybridized carbons (Fsp3) is 0.846. The highest BCUT2D eigenvalue weighted by Crippen LogP contribution is 2.56. The van der Waals surface area contributed by atoms with Crippen LogP contribution in [0.4, 0.5) is 13.2 Å². The molecule has 0 aromatic rings. The Morgan fingerprint density at radius 2 is 1.95 bits per heavy atom. The lowest BCUT2D eigenvalue weighted by Crippen LogP contribution is -2.54. The molecule has 4 nitrogen and oxygen atoms in total. The molecule has 20 heavy (non-hydrogen) atoms. The summed E-state index contributed by atoms with van der Waals surface area (Å²) >= 11 is 0. The molecule has 1 heterocycles. The van der Waals surface area contributed by atoms with Crippen molar-refractivity contribution in [3.8, 4) is 0 Å². The van der Waals surface area contributed by atoms with Gasteiger partial charge in [-0.3, -0.25) is 0 Å². The number of oxime groups is 1. The van der Waals surface area contributed by atoms with Crippen molar-refractivity contribution in [2.75, 3.05) is 7.11 Å². The van der Waals surface area contributed by atoms with Gasteiger partial charge in [-0.05, 0) is 12.8 Å². The number of ether oxygens (including phenoxy) is 1. The van der Waals surface area contributed by atoms with Crippen molar-refractivity contribution in [1.29, 1.82) is 0 Å². The summed E-state index contributed by atoms with van der Waals surface area (Å²) in [5.41, 5.74) is -2.01. The van der Waals surface area contributed by atoms with Gasteiger partial charge in [0.2, 0.25) is 0 Å². The smallest absolute Gasteiger partial charge is 0.396 e. The highest BCUT2D eigenvalue weighted by Gasteiger charge is 2.72. The van der Waals surface area contributed by atoms with E-state index in [4.69, 9.17) is 4.84 Å². The van der Waals surface area contributed by atoms with Crippen molar-refractivity contribution in [3.63, 3.8) is 0 Å². The lowest BCUT2D eigenvalue weighted by molar-refractivity contribution is -0.235. The number of carbonyl (C=O) groups is 1. The van der Waals surface area contributed by atoms with Crippen LogP contribution in [0, 0.1) is 17.3 Å². The molecule has 0 aromatic carbocycles. The van der Waals surface area contributed by atoms with E-state index in [1.54, 1.807) is 0 Å². The Kier molecular flexibility index (Phi) is 3.30. The maximum absolute atomic E-state index is 13.2. The molecule has 0 saturated heterocycles. The summed E-state index contributed by atoms with van der Waals surface area (Å²) in [5.74, 6) is -3.55. The van der Waals surface area contributed by atoms with E-state index in [1.807, 2.05) is 20.8 Å². The molecule has 1 aliphatic carbocycles. The Morgan fingerprint density at radius 3 is 2.40 bits per heavy atom. The minimum absolute atomic E-state index is 0.154. The number of hydrogen-bond donors (Lipinski definition) is 0. The second kappa shape index (κ2) is 4.36. The molecule has 2 rings (SSSR count). The van der Waals surface area contributed by atoms with Crippen molar-refractivity contribution in [2.45, 2.75) is 45.4 Å². The summed E-state index contributed by atoms with van der Waals surface area (Å²) in [6.07, 6.45) is -4.46. The summed E-state index contributed by atoms with van der Waals surface area (Å²) in [6, 6.07) is 0. The molecule has 1 aliphatic heterocycles. The normalized spacial score (nSPS) is 33.5. The van der Waals surface area contributed by atoms with Crippen molar-refractivity contribution >= 4 is 11.7 Å². The van der Waals surface area contributed by atoms with E-state index < -0.39 is 35.0 Å². The second-order valence-electron chi connectivity index (χ2n) is 6.33. The Balaban J connectivity index is 2.46. The van der Waals surface area contributed by atoms with Crippen LogP contribution in [0.3, 0.4) is 0 Å². The molecule has 1 saturated carbocycles. The average molecular weight is 293 g/mol. The van der Waals surface area contributed by atoms with E-state index in [9.17, 15) is 18.0 Å². The quantitative estimate of drug-likeness (QED) is 0.698. The maximum Gasteiger partial charge on any atom is 0.396 e. The van der Waals surface area contributed by atoms with Crippen LogP contribution in [0.5, 0.6) is 0 Å². The van der Waals surface area contributed by atoms with E-state index >= 15 is 0 Å². The van der Waals surface area contributed by atoms with E-state index in [1.165, 1.54) is 0 Å². The molecule has 0 amide bonds. The fourth-order valence-corrected chi connectivity index (χ4v) is 3.21. The van der Waals surface area contributed by atoms with Gasteiger partial charge in [0, 0.05) is 5.41 Å². The van der Waals surface area contributed by atoms with Crippen LogP contribution in [0.2, 0.25) is 0 Å². The lowest BCUT2D eigenvalue weighted by Gasteiger charge is -2.32. The van der Waals surface area contributed by atoms with Gasteiger partial charge in [0.15, 0.2) is 0 Å². The minimum Gasteiger partial charge on any atom is -0.466 e. The van der Waals surface area contributed by atoms with Gasteiger partial charge in [-0.15, -0.1) is 0 Å². The van der Waals surface area contributed by atoms with Crippen LogP contribution < -0.4 is 0 Å². The predicted octanol–water partition coefficient (Wildman–Crippen LogP) is 2.92. The SMILES string of the molecule is COC(=O)C12ON=C(C(C)(C)C)C1CCC2C(F)(F)F. The number of hydrogen-bond acceptors (Lipinski definition) is 4. The van der Waals surface area contributed by atoms with Gasteiger partial charge in [-0.25, -0.2) is 4.79 Å². The van der Waals surface area contributed by atoms with Gasteiger partial charge >= 0.3 is 12.1 Å². The van der Waals surface area contributed by atoms with Gasteiger partial charge in [0.25, 0.3) is 5.60 Å². The summed E-state index contributed by atoms with van der Waals surface area (Å²) in [7, 11) is 1.07. The van der Waals surface area contributed by atoms with Crippen molar-refractivity contribution < 1.29 is 27.5 Å². The van der Waals surface area contributed by atoms with E-state index in [0.29, 0.717) is 5.71 Å². The van der Waals surface area contributed by atoms with Crippen LogP contribution >= 0.6 is 0 Å². The second-order valence-corrected chi connectivity index (χ2v) is 6.33. The molecular weight excluding hydrogens is 275 g/mol. The van der Waals surface area contributed by atoms with Crippen molar-refractivity contribution in [2.24, 2.45) is 22.4 Å². The Morgan fingerprint density at radius 1 is 1.35 bits per heavy atom. The van der Waals surface area contributed by atoms with E-state index in [-0.39, 0.29) is 12.8 Å². The predicted molar refractivity (Wildman–Crippen MR) is 65.0 cm³/mol. The first-order chi connectivity index (χ1) is 9.05. The highest BCUT2D eigenvalue weighted by atomic mass is 19.4. The van der Waals surface area contributed by atoms with Crippen LogP contribution in [0.15, 0.2) is 5.16 Å². The summed E-state index contributed by atoms with van der Waals surface area (Å²) in [6.45, 7) is 5.51. The molecule has 1 fully saturated rings. The van der Waals surface area contributed by atoms with Crippen molar-refractivity contribution in [3.05, 3.63) is 0 Å². The molecule has 0 N–H and O–H groups in total. The first kappa shape index (κ1) is 15.1. The number of fused-ring (bicyclic) bond motifs is 1. The number of nitrogens with zero attached hydrogens (tertiary/aromatic N) is 1. The van der Waals surface area contributed by atoms with Crippen LogP contribution in [-0.2, 0) is 14.4 Å². The zero-order valence-corrected chi connectivity index (χ0v) is 11.9. The molecule has 114 valence electrons. The average Bonchev–Trinajstić information content (AvgIpc) is 2.81. The Bertz CT molecular complexity index is 453. The third-order valence-corrected chi connectivity index (χ3v) is 4.07. The Hall–Kier alpha value is -1.27. The molecule has 0 radical (unpaired) electrons. The summed E-state index contributed by atoms with van der Waals surface area (Å²) in [4.78, 5) is 17.1. The number of carbonyl (C=O) groups excluding carboxylic acids is 1. The monoisotopic (exact) mass is 293 g/mol. The molecule has 2 aliphatic rings. The molecular formula is C13H18F3NO3. The molecule has 0 spiro atoms. The first-order valence-electron chi connectivity index (χ1n) is 6.46. The Labute approximate surface area is 115 Å². The zero-order valence-electron chi connectivity index (χ0n) is 11.9. The molecule has 3 unspecified atom stereocenters. The molecule has 3 atom stereocenters. The largest absolute Gasteiger partial charge is 0.466 e. The number of rotatable bonds is 1. The third-order valence-electron chi connectivity index (χ3n) is 4.07. The number of halogens is 3. The standard InChI is InChI=1S/C13H18F3NO3/c1-11(2,3)9-7-5-6-8(13(14,15)16)12(7,20-17-9)10(18)19-4/h7-8H,5-6H2,1-4H3. The van der Waals surface area contributed by atoms with Gasteiger partial charge in [-0.1, -0.05) is 25.9 Å². The van der Waals surface area contributed by atoms with Crippen LogP contribution in [0.1, 0.15) is 33.6 Å². The van der Waals surface area contributed by atoms with E-state index in [2.05, 4.69) is 9.89 Å². The number of alkyl halides is 3. The van der Waals surface area contributed by atoms with Gasteiger partial charge in [-0.2, -0.15) is 13.2 Å². The maximum atomic E-state index is 13.2. The van der Waals surface area contributed by atoms with Crippen molar-refractivity contribution in [1.82, 2.24) is 0 Å². The van der Waals surface area contributed by atoms with E-state index in [0.717, 1.165) is 7.11 Å². The first-order valence-corrected chi connectivity index (χ1v) is 6.46.